The molecule has 1 N–H and O–H groups in total. The van der Waals surface area contributed by atoms with Gasteiger partial charge in [-0.05, 0) is 38.2 Å². The molecule has 6 heteroatoms. The van der Waals surface area contributed by atoms with Crippen molar-refractivity contribution in [1.82, 2.24) is 14.4 Å². The first kappa shape index (κ1) is 18.9. The molecule has 0 atom stereocenters. The first-order valence-electron chi connectivity index (χ1n) is 9.10. The number of rotatable bonds is 6. The minimum atomic E-state index is -0.136. The molecule has 0 saturated carbocycles. The minimum Gasteiger partial charge on any atom is -0.348 e. The van der Waals surface area contributed by atoms with Crippen LogP contribution in [0.25, 0.3) is 21.8 Å². The lowest BCUT2D eigenvalue weighted by atomic mass is 10.1. The van der Waals surface area contributed by atoms with Crippen LogP contribution in [0.3, 0.4) is 0 Å². The van der Waals surface area contributed by atoms with Gasteiger partial charge in [0.2, 0.25) is 11.8 Å². The van der Waals surface area contributed by atoms with E-state index in [4.69, 9.17) is 0 Å². The van der Waals surface area contributed by atoms with Crippen LogP contribution in [0.4, 0.5) is 5.69 Å². The van der Waals surface area contributed by atoms with Gasteiger partial charge in [-0.3, -0.25) is 14.5 Å². The molecule has 2 amide bonds. The summed E-state index contributed by atoms with van der Waals surface area (Å²) in [4.78, 5) is 27.3. The van der Waals surface area contributed by atoms with Gasteiger partial charge in [0.15, 0.2) is 0 Å². The Hall–Kier alpha value is -2.86. The van der Waals surface area contributed by atoms with Gasteiger partial charge in [0.25, 0.3) is 0 Å². The number of aromatic nitrogens is 1. The highest BCUT2D eigenvalue weighted by atomic mass is 16.2. The summed E-state index contributed by atoms with van der Waals surface area (Å²) in [5, 5.41) is 5.25. The second-order valence-corrected chi connectivity index (χ2v) is 7.00. The second kappa shape index (κ2) is 7.80. The molecule has 6 nitrogen and oxygen atoms in total. The third-order valence-electron chi connectivity index (χ3n) is 4.69. The van der Waals surface area contributed by atoms with Gasteiger partial charge in [-0.25, -0.2) is 0 Å². The number of nitrogens with zero attached hydrogens (tertiary/aromatic N) is 3. The van der Waals surface area contributed by atoms with Gasteiger partial charge in [0.1, 0.15) is 0 Å². The Morgan fingerprint density at radius 1 is 0.963 bits per heavy atom. The Balaban J connectivity index is 1.79. The van der Waals surface area contributed by atoms with E-state index in [0.29, 0.717) is 0 Å². The number of nitrogens with one attached hydrogen (secondary N) is 1. The number of hydrogen-bond donors (Lipinski definition) is 1. The summed E-state index contributed by atoms with van der Waals surface area (Å²) in [7, 11) is 5.18. The van der Waals surface area contributed by atoms with Crippen LogP contribution in [0.5, 0.6) is 0 Å². The van der Waals surface area contributed by atoms with Crippen LogP contribution < -0.4 is 5.32 Å². The van der Waals surface area contributed by atoms with E-state index in [1.807, 2.05) is 30.3 Å². The number of benzene rings is 2. The molecule has 142 valence electrons. The van der Waals surface area contributed by atoms with Crippen LogP contribution in [-0.2, 0) is 16.1 Å². The third kappa shape index (κ3) is 3.95. The zero-order valence-corrected chi connectivity index (χ0v) is 16.3. The van der Waals surface area contributed by atoms with Crippen LogP contribution in [0.1, 0.15) is 6.92 Å². The van der Waals surface area contributed by atoms with Crippen LogP contribution in [0.15, 0.2) is 42.5 Å². The summed E-state index contributed by atoms with van der Waals surface area (Å²) in [6.07, 6.45) is 0. The summed E-state index contributed by atoms with van der Waals surface area (Å²) in [6, 6.07) is 14.3. The molecule has 0 spiro atoms. The van der Waals surface area contributed by atoms with Crippen molar-refractivity contribution in [3.8, 4) is 0 Å². The summed E-state index contributed by atoms with van der Waals surface area (Å²) in [6.45, 7) is 3.39. The van der Waals surface area contributed by atoms with Crippen molar-refractivity contribution in [3.63, 3.8) is 0 Å². The molecule has 0 aliphatic rings. The van der Waals surface area contributed by atoms with Crippen LogP contribution in [-0.4, -0.2) is 60.4 Å². The Morgan fingerprint density at radius 2 is 1.67 bits per heavy atom. The summed E-state index contributed by atoms with van der Waals surface area (Å²) in [5.74, 6) is -0.165. The Kier molecular flexibility index (Phi) is 5.46. The van der Waals surface area contributed by atoms with E-state index < -0.39 is 0 Å². The molecule has 3 aromatic rings. The highest BCUT2D eigenvalue weighted by Crippen LogP contribution is 2.30. The van der Waals surface area contributed by atoms with Gasteiger partial charge in [-0.1, -0.05) is 18.2 Å². The first-order valence-corrected chi connectivity index (χ1v) is 9.10. The Bertz CT molecular complexity index is 990. The maximum atomic E-state index is 12.4. The van der Waals surface area contributed by atoms with Crippen molar-refractivity contribution >= 4 is 39.3 Å². The number of likely N-dealkylation sites (N-methyl/N-ethyl adjacent to an activating group) is 2. The molecular formula is C21H26N4O2. The smallest absolute Gasteiger partial charge is 0.238 e. The van der Waals surface area contributed by atoms with E-state index >= 15 is 0 Å². The number of carbonyl (C=O) groups excluding carboxylic acids is 2. The van der Waals surface area contributed by atoms with Crippen molar-refractivity contribution in [1.29, 1.82) is 0 Å². The monoisotopic (exact) mass is 366 g/mol. The molecule has 0 unspecified atom stereocenters. The number of para-hydroxylation sites is 1. The number of fused-ring (bicyclic) bond motifs is 3. The molecule has 27 heavy (non-hydrogen) atoms. The normalized spacial score (nSPS) is 11.3. The number of aryl methyl sites for hydroxylation is 1. The molecule has 1 heterocycles. The quantitative estimate of drug-likeness (QED) is 0.730. The lowest BCUT2D eigenvalue weighted by Crippen LogP contribution is -2.38. The van der Waals surface area contributed by atoms with E-state index in [1.54, 1.807) is 26.0 Å². The SMILES string of the molecule is CCn1c2ccccc2c2cc(NC(=O)CN(C)CC(=O)N(C)C)ccc21. The maximum absolute atomic E-state index is 12.4. The molecular weight excluding hydrogens is 340 g/mol. The van der Waals surface area contributed by atoms with Gasteiger partial charge >= 0.3 is 0 Å². The highest BCUT2D eigenvalue weighted by molar-refractivity contribution is 6.09. The lowest BCUT2D eigenvalue weighted by molar-refractivity contribution is -0.130. The largest absolute Gasteiger partial charge is 0.348 e. The summed E-state index contributed by atoms with van der Waals surface area (Å²) in [5.41, 5.74) is 3.12. The minimum absolute atomic E-state index is 0.0286. The Labute approximate surface area is 159 Å². The molecule has 0 saturated heterocycles. The molecule has 3 rings (SSSR count). The predicted octanol–water partition coefficient (Wildman–Crippen LogP) is 2.77. The number of hydrogen-bond acceptors (Lipinski definition) is 3. The average molecular weight is 366 g/mol. The average Bonchev–Trinajstić information content (AvgIpc) is 2.94. The molecule has 1 aromatic heterocycles. The van der Waals surface area contributed by atoms with Gasteiger partial charge in [0, 0.05) is 48.1 Å². The standard InChI is InChI=1S/C21H26N4O2/c1-5-25-18-9-7-6-8-16(18)17-12-15(10-11-19(17)25)22-20(26)13-24(4)14-21(27)23(2)3/h6-12H,5,13-14H2,1-4H3,(H,22,26). The zero-order valence-electron chi connectivity index (χ0n) is 16.3. The van der Waals surface area contributed by atoms with Crippen molar-refractivity contribution in [2.45, 2.75) is 13.5 Å². The highest BCUT2D eigenvalue weighted by Gasteiger charge is 2.14. The fourth-order valence-corrected chi connectivity index (χ4v) is 3.35. The fraction of sp³-hybridized carbons (Fsp3) is 0.333. The van der Waals surface area contributed by atoms with Crippen molar-refractivity contribution < 1.29 is 9.59 Å². The third-order valence-corrected chi connectivity index (χ3v) is 4.69. The molecule has 0 fully saturated rings. The molecule has 2 aromatic carbocycles. The van der Waals surface area contributed by atoms with E-state index in [0.717, 1.165) is 23.1 Å². The van der Waals surface area contributed by atoms with Gasteiger partial charge in [0.05, 0.1) is 13.1 Å². The van der Waals surface area contributed by atoms with E-state index in [9.17, 15) is 9.59 Å². The second-order valence-electron chi connectivity index (χ2n) is 7.00. The molecule has 0 radical (unpaired) electrons. The van der Waals surface area contributed by atoms with Crippen LogP contribution in [0, 0.1) is 0 Å². The topological polar surface area (TPSA) is 57.6 Å². The summed E-state index contributed by atoms with van der Waals surface area (Å²) < 4.78 is 2.27. The van der Waals surface area contributed by atoms with Gasteiger partial charge < -0.3 is 14.8 Å². The van der Waals surface area contributed by atoms with Crippen molar-refractivity contribution in [2.24, 2.45) is 0 Å². The van der Waals surface area contributed by atoms with E-state index in [1.165, 1.54) is 15.8 Å². The van der Waals surface area contributed by atoms with Crippen molar-refractivity contribution in [3.05, 3.63) is 42.5 Å². The first-order chi connectivity index (χ1) is 12.9. The number of carbonyl (C=O) groups is 2. The molecule has 0 aliphatic heterocycles. The lowest BCUT2D eigenvalue weighted by Gasteiger charge is -2.18. The zero-order chi connectivity index (χ0) is 19.6. The fourth-order valence-electron chi connectivity index (χ4n) is 3.35. The predicted molar refractivity (Wildman–Crippen MR) is 110 cm³/mol. The van der Waals surface area contributed by atoms with Crippen LogP contribution in [0.2, 0.25) is 0 Å². The van der Waals surface area contributed by atoms with E-state index in [2.05, 4.69) is 28.9 Å². The van der Waals surface area contributed by atoms with Gasteiger partial charge in [-0.15, -0.1) is 0 Å². The molecule has 0 aliphatic carbocycles. The summed E-state index contributed by atoms with van der Waals surface area (Å²) >= 11 is 0. The Morgan fingerprint density at radius 3 is 2.37 bits per heavy atom. The van der Waals surface area contributed by atoms with E-state index in [-0.39, 0.29) is 24.9 Å². The number of amides is 2. The van der Waals surface area contributed by atoms with Crippen LogP contribution >= 0.6 is 0 Å². The van der Waals surface area contributed by atoms with Crippen molar-refractivity contribution in [2.75, 3.05) is 39.5 Å². The molecule has 0 bridgehead atoms. The van der Waals surface area contributed by atoms with Gasteiger partial charge in [-0.2, -0.15) is 0 Å². The maximum Gasteiger partial charge on any atom is 0.238 e. The number of anilines is 1.